The summed E-state index contributed by atoms with van der Waals surface area (Å²) < 4.78 is 22.8. The number of allylic oxidation sites excluding steroid dienone is 1. The SMILES string of the molecule is COc1ccc([C@H]2COc3cc(OC4=CN5C(=NC=CC5O)C=C4)cnc3O2)nc1. The predicted molar refractivity (Wildman–Crippen MR) is 106 cm³/mol. The molecule has 0 saturated carbocycles. The van der Waals surface area contributed by atoms with Gasteiger partial charge in [-0.1, -0.05) is 0 Å². The molecule has 0 radical (unpaired) electrons. The van der Waals surface area contributed by atoms with Crippen LogP contribution in [0.15, 0.2) is 72.0 Å². The lowest BCUT2D eigenvalue weighted by molar-refractivity contribution is 0.0816. The predicted octanol–water partition coefficient (Wildman–Crippen LogP) is 2.33. The van der Waals surface area contributed by atoms with Crippen LogP contribution >= 0.6 is 0 Å². The van der Waals surface area contributed by atoms with Gasteiger partial charge in [0.25, 0.3) is 5.88 Å². The van der Waals surface area contributed by atoms with E-state index in [9.17, 15) is 5.11 Å². The van der Waals surface area contributed by atoms with E-state index >= 15 is 0 Å². The Morgan fingerprint density at radius 2 is 2.07 bits per heavy atom. The monoisotopic (exact) mass is 406 g/mol. The molecule has 5 heterocycles. The van der Waals surface area contributed by atoms with Crippen LogP contribution in [0.1, 0.15) is 11.8 Å². The fourth-order valence-electron chi connectivity index (χ4n) is 3.14. The van der Waals surface area contributed by atoms with Crippen molar-refractivity contribution in [1.29, 1.82) is 0 Å². The first kappa shape index (κ1) is 18.2. The van der Waals surface area contributed by atoms with Gasteiger partial charge < -0.3 is 24.1 Å². The van der Waals surface area contributed by atoms with E-state index in [4.69, 9.17) is 18.9 Å². The summed E-state index contributed by atoms with van der Waals surface area (Å²) in [5.74, 6) is 3.18. The highest BCUT2D eigenvalue weighted by Gasteiger charge is 2.26. The summed E-state index contributed by atoms with van der Waals surface area (Å²) in [6.07, 6.45) is 10.4. The molecule has 0 amide bonds. The molecule has 0 spiro atoms. The van der Waals surface area contributed by atoms with Gasteiger partial charge in [0.1, 0.15) is 29.7 Å². The molecule has 1 N–H and O–H groups in total. The number of aromatic nitrogens is 2. The molecule has 2 aromatic rings. The molecule has 9 heteroatoms. The third kappa shape index (κ3) is 3.46. The average Bonchev–Trinajstić information content (AvgIpc) is 2.79. The molecule has 1 unspecified atom stereocenters. The number of aliphatic hydroxyl groups is 1. The van der Waals surface area contributed by atoms with Gasteiger partial charge in [0.05, 0.1) is 31.4 Å². The van der Waals surface area contributed by atoms with Crippen LogP contribution in [0.25, 0.3) is 0 Å². The lowest BCUT2D eigenvalue weighted by atomic mass is 10.2. The Morgan fingerprint density at radius 1 is 1.17 bits per heavy atom. The number of hydrogen-bond acceptors (Lipinski definition) is 9. The highest BCUT2D eigenvalue weighted by Crippen LogP contribution is 2.37. The maximum Gasteiger partial charge on any atom is 0.258 e. The number of aliphatic imine (C=N–C) groups is 1. The summed E-state index contributed by atoms with van der Waals surface area (Å²) in [7, 11) is 1.59. The quantitative estimate of drug-likeness (QED) is 0.826. The largest absolute Gasteiger partial charge is 0.495 e. The minimum atomic E-state index is -0.789. The van der Waals surface area contributed by atoms with Crippen LogP contribution in [-0.2, 0) is 0 Å². The Hall–Kier alpha value is -3.85. The molecule has 3 aliphatic rings. The molecular weight excluding hydrogens is 388 g/mol. The van der Waals surface area contributed by atoms with E-state index in [0.717, 1.165) is 5.69 Å². The van der Waals surface area contributed by atoms with Gasteiger partial charge in [0.2, 0.25) is 0 Å². The van der Waals surface area contributed by atoms with E-state index in [1.807, 2.05) is 12.1 Å². The Morgan fingerprint density at radius 3 is 2.90 bits per heavy atom. The topological polar surface area (TPSA) is 98.5 Å². The molecule has 0 aromatic carbocycles. The van der Waals surface area contributed by atoms with Crippen LogP contribution < -0.4 is 18.9 Å². The number of rotatable bonds is 4. The number of ether oxygens (including phenoxy) is 4. The fourth-order valence-corrected chi connectivity index (χ4v) is 3.14. The Balaban J connectivity index is 1.29. The number of pyridine rings is 2. The molecule has 0 saturated heterocycles. The van der Waals surface area contributed by atoms with Crippen molar-refractivity contribution in [3.05, 3.63) is 72.7 Å². The van der Waals surface area contributed by atoms with Gasteiger partial charge in [0, 0.05) is 12.3 Å². The average molecular weight is 406 g/mol. The smallest absolute Gasteiger partial charge is 0.258 e. The first-order valence-corrected chi connectivity index (χ1v) is 9.28. The van der Waals surface area contributed by atoms with Crippen molar-refractivity contribution in [2.45, 2.75) is 12.3 Å². The molecule has 5 rings (SSSR count). The van der Waals surface area contributed by atoms with Crippen molar-refractivity contribution in [2.24, 2.45) is 4.99 Å². The fraction of sp³-hybridized carbons (Fsp3) is 0.190. The maximum atomic E-state index is 10.1. The lowest BCUT2D eigenvalue weighted by Gasteiger charge is -2.29. The normalized spacial score (nSPS) is 21.5. The molecule has 2 atom stereocenters. The molecule has 0 bridgehead atoms. The summed E-state index contributed by atoms with van der Waals surface area (Å²) in [5.41, 5.74) is 0.729. The van der Waals surface area contributed by atoms with E-state index in [0.29, 0.717) is 41.3 Å². The van der Waals surface area contributed by atoms with E-state index in [1.165, 1.54) is 0 Å². The number of methoxy groups -OCH3 is 1. The molecule has 3 aliphatic heterocycles. The summed E-state index contributed by atoms with van der Waals surface area (Å²) in [6.45, 7) is 0.298. The Labute approximate surface area is 172 Å². The zero-order valence-electron chi connectivity index (χ0n) is 16.0. The van der Waals surface area contributed by atoms with Gasteiger partial charge in [0.15, 0.2) is 18.1 Å². The third-order valence-corrected chi connectivity index (χ3v) is 4.68. The third-order valence-electron chi connectivity index (χ3n) is 4.68. The lowest BCUT2D eigenvalue weighted by Crippen LogP contribution is -2.37. The summed E-state index contributed by atoms with van der Waals surface area (Å²) in [5, 5.41) is 10.1. The highest BCUT2D eigenvalue weighted by molar-refractivity contribution is 5.96. The minimum Gasteiger partial charge on any atom is -0.495 e. The van der Waals surface area contributed by atoms with Crippen LogP contribution in [0.3, 0.4) is 0 Å². The van der Waals surface area contributed by atoms with Crippen LogP contribution in [-0.4, -0.2) is 45.8 Å². The van der Waals surface area contributed by atoms with Crippen LogP contribution in [0.2, 0.25) is 0 Å². The summed E-state index contributed by atoms with van der Waals surface area (Å²) in [6, 6.07) is 5.37. The highest BCUT2D eigenvalue weighted by atomic mass is 16.6. The van der Waals surface area contributed by atoms with Crippen molar-refractivity contribution >= 4 is 5.84 Å². The summed E-state index contributed by atoms with van der Waals surface area (Å²) >= 11 is 0. The van der Waals surface area contributed by atoms with Crippen molar-refractivity contribution in [3.63, 3.8) is 0 Å². The van der Waals surface area contributed by atoms with Crippen molar-refractivity contribution in [3.8, 4) is 23.1 Å². The second kappa shape index (κ2) is 7.53. The van der Waals surface area contributed by atoms with E-state index in [1.54, 1.807) is 61.1 Å². The van der Waals surface area contributed by atoms with Crippen molar-refractivity contribution < 1.29 is 24.1 Å². The van der Waals surface area contributed by atoms with E-state index in [-0.39, 0.29) is 6.10 Å². The Kier molecular flexibility index (Phi) is 4.56. The Bertz CT molecular complexity index is 1080. The number of nitrogens with zero attached hydrogens (tertiary/aromatic N) is 4. The number of aliphatic hydroxyl groups excluding tert-OH is 1. The maximum absolute atomic E-state index is 10.1. The van der Waals surface area contributed by atoms with Gasteiger partial charge in [-0.2, -0.15) is 0 Å². The number of amidine groups is 1. The zero-order chi connectivity index (χ0) is 20.5. The van der Waals surface area contributed by atoms with Gasteiger partial charge in [-0.3, -0.25) is 9.88 Å². The molecule has 30 heavy (non-hydrogen) atoms. The van der Waals surface area contributed by atoms with Crippen LogP contribution in [0, 0.1) is 0 Å². The second-order valence-corrected chi connectivity index (χ2v) is 6.63. The molecule has 2 aromatic heterocycles. The standard InChI is InChI=1S/C21H18N4O5/c1-27-13-2-4-16(23-9-13)18-12-28-17-8-15(10-24-21(17)30-18)29-14-3-5-19-22-7-6-20(26)25(19)11-14/h2-11,18,20,26H,12H2,1H3/t18-,20?/m1/s1. The van der Waals surface area contributed by atoms with Gasteiger partial charge in [-0.25, -0.2) is 9.98 Å². The molecule has 0 fully saturated rings. The van der Waals surface area contributed by atoms with E-state index < -0.39 is 6.23 Å². The van der Waals surface area contributed by atoms with Crippen molar-refractivity contribution in [1.82, 2.24) is 14.9 Å². The molecular formula is C21H18N4O5. The first-order chi connectivity index (χ1) is 14.7. The van der Waals surface area contributed by atoms with Crippen molar-refractivity contribution in [2.75, 3.05) is 13.7 Å². The molecule has 152 valence electrons. The van der Waals surface area contributed by atoms with Crippen LogP contribution in [0.5, 0.6) is 23.1 Å². The second-order valence-electron chi connectivity index (χ2n) is 6.63. The van der Waals surface area contributed by atoms with Gasteiger partial charge in [-0.05, 0) is 30.4 Å². The van der Waals surface area contributed by atoms with E-state index in [2.05, 4.69) is 15.0 Å². The summed E-state index contributed by atoms with van der Waals surface area (Å²) in [4.78, 5) is 14.5. The number of hydrogen-bond donors (Lipinski definition) is 1. The number of fused-ring (bicyclic) bond motifs is 2. The minimum absolute atomic E-state index is 0.298. The van der Waals surface area contributed by atoms with Crippen LogP contribution in [0.4, 0.5) is 0 Å². The zero-order valence-corrected chi connectivity index (χ0v) is 16.0. The molecule has 0 aliphatic carbocycles. The van der Waals surface area contributed by atoms with Gasteiger partial charge >= 0.3 is 0 Å². The molecule has 9 nitrogen and oxygen atoms in total. The first-order valence-electron chi connectivity index (χ1n) is 9.28. The van der Waals surface area contributed by atoms with Gasteiger partial charge in [-0.15, -0.1) is 0 Å².